The Hall–Kier alpha value is -2.18. The lowest BCUT2D eigenvalue weighted by molar-refractivity contribution is -0.156. The van der Waals surface area contributed by atoms with E-state index in [2.05, 4.69) is 10.2 Å². The number of nitrogens with one attached hydrogen (secondary N) is 1. The van der Waals surface area contributed by atoms with Crippen molar-refractivity contribution in [3.05, 3.63) is 46.2 Å². The van der Waals surface area contributed by atoms with Crippen LogP contribution in [0.25, 0.3) is 10.9 Å². The van der Waals surface area contributed by atoms with Crippen LogP contribution in [0, 0.1) is 5.41 Å². The zero-order chi connectivity index (χ0) is 18.3. The average Bonchev–Trinajstić information content (AvgIpc) is 2.65. The van der Waals surface area contributed by atoms with Crippen molar-refractivity contribution in [2.24, 2.45) is 12.5 Å². The Kier molecular flexibility index (Phi) is 4.32. The first kappa shape index (κ1) is 17.2. The molecule has 2 atom stereocenters. The van der Waals surface area contributed by atoms with Gasteiger partial charge in [0, 0.05) is 31.7 Å². The number of piperidine rings is 2. The van der Waals surface area contributed by atoms with Crippen molar-refractivity contribution < 1.29 is 9.90 Å². The van der Waals surface area contributed by atoms with Crippen LogP contribution in [-0.2, 0) is 18.4 Å². The number of para-hydroxylation sites is 1. The predicted molar refractivity (Wildman–Crippen MR) is 100 cm³/mol. The van der Waals surface area contributed by atoms with Gasteiger partial charge < -0.3 is 15.0 Å². The summed E-state index contributed by atoms with van der Waals surface area (Å²) in [6, 6.07) is 9.82. The molecule has 4 rings (SSSR count). The molecule has 0 amide bonds. The number of carbonyl (C=O) groups is 1. The highest BCUT2D eigenvalue weighted by molar-refractivity contribution is 5.79. The minimum Gasteiger partial charge on any atom is -0.481 e. The van der Waals surface area contributed by atoms with Crippen molar-refractivity contribution in [1.29, 1.82) is 0 Å². The van der Waals surface area contributed by atoms with Gasteiger partial charge in [-0.25, -0.2) is 0 Å². The monoisotopic (exact) mass is 355 g/mol. The maximum Gasteiger partial charge on any atom is 0.311 e. The highest BCUT2D eigenvalue weighted by Crippen LogP contribution is 2.39. The molecule has 0 bridgehead atoms. The highest BCUT2D eigenvalue weighted by atomic mass is 16.4. The fraction of sp³-hybridized carbons (Fsp3) is 0.500. The van der Waals surface area contributed by atoms with Crippen molar-refractivity contribution in [1.82, 2.24) is 14.8 Å². The van der Waals surface area contributed by atoms with Gasteiger partial charge in [-0.3, -0.25) is 14.5 Å². The van der Waals surface area contributed by atoms with E-state index in [1.807, 2.05) is 37.4 Å². The van der Waals surface area contributed by atoms with Crippen LogP contribution in [0.4, 0.5) is 0 Å². The third-order valence-corrected chi connectivity index (χ3v) is 6.20. The summed E-state index contributed by atoms with van der Waals surface area (Å²) in [6.07, 6.45) is 2.29. The number of carboxylic acids is 1. The lowest BCUT2D eigenvalue weighted by atomic mass is 9.69. The molecule has 0 aliphatic carbocycles. The second kappa shape index (κ2) is 6.52. The molecule has 26 heavy (non-hydrogen) atoms. The van der Waals surface area contributed by atoms with Gasteiger partial charge in [0.2, 0.25) is 0 Å². The molecule has 0 spiro atoms. The number of hydrogen-bond donors (Lipinski definition) is 2. The van der Waals surface area contributed by atoms with Gasteiger partial charge >= 0.3 is 5.97 Å². The molecule has 0 unspecified atom stereocenters. The number of pyridine rings is 1. The van der Waals surface area contributed by atoms with Crippen LogP contribution < -0.4 is 10.9 Å². The molecular formula is C20H25N3O3. The molecule has 3 heterocycles. The second-order valence-electron chi connectivity index (χ2n) is 7.65. The van der Waals surface area contributed by atoms with Gasteiger partial charge in [0.15, 0.2) is 0 Å². The highest BCUT2D eigenvalue weighted by Gasteiger charge is 2.50. The Bertz CT molecular complexity index is 907. The largest absolute Gasteiger partial charge is 0.481 e. The lowest BCUT2D eigenvalue weighted by Crippen LogP contribution is -2.62. The van der Waals surface area contributed by atoms with Crippen LogP contribution >= 0.6 is 0 Å². The number of fused-ring (bicyclic) bond motifs is 2. The molecule has 2 saturated heterocycles. The van der Waals surface area contributed by atoms with Crippen molar-refractivity contribution >= 4 is 16.9 Å². The minimum absolute atomic E-state index is 0.0235. The minimum atomic E-state index is -0.684. The van der Waals surface area contributed by atoms with E-state index in [1.165, 1.54) is 0 Å². The van der Waals surface area contributed by atoms with E-state index in [0.29, 0.717) is 26.1 Å². The van der Waals surface area contributed by atoms with Crippen LogP contribution in [0.1, 0.15) is 24.8 Å². The van der Waals surface area contributed by atoms with Gasteiger partial charge in [-0.05, 0) is 49.9 Å². The van der Waals surface area contributed by atoms with Crippen LogP contribution in [0.5, 0.6) is 0 Å². The van der Waals surface area contributed by atoms with Crippen LogP contribution in [-0.4, -0.2) is 46.2 Å². The summed E-state index contributed by atoms with van der Waals surface area (Å²) in [4.78, 5) is 26.9. The zero-order valence-electron chi connectivity index (χ0n) is 15.1. The molecule has 138 valence electrons. The average molecular weight is 355 g/mol. The zero-order valence-corrected chi connectivity index (χ0v) is 15.1. The summed E-state index contributed by atoms with van der Waals surface area (Å²) in [5.41, 5.74) is 1.07. The Morgan fingerprint density at radius 3 is 2.96 bits per heavy atom. The number of hydrogen-bond acceptors (Lipinski definition) is 4. The summed E-state index contributed by atoms with van der Waals surface area (Å²) < 4.78 is 1.70. The number of rotatable bonds is 3. The fourth-order valence-corrected chi connectivity index (χ4v) is 4.65. The van der Waals surface area contributed by atoms with E-state index in [0.717, 1.165) is 35.9 Å². The number of nitrogens with zero attached hydrogens (tertiary/aromatic N) is 2. The molecule has 2 aliphatic rings. The molecule has 2 N–H and O–H groups in total. The molecule has 0 saturated carbocycles. The van der Waals surface area contributed by atoms with Gasteiger partial charge in [-0.1, -0.05) is 18.2 Å². The van der Waals surface area contributed by atoms with Gasteiger partial charge in [-0.15, -0.1) is 0 Å². The van der Waals surface area contributed by atoms with Gasteiger partial charge in [0.25, 0.3) is 5.56 Å². The molecule has 0 radical (unpaired) electrons. The molecule has 6 nitrogen and oxygen atoms in total. The fourth-order valence-electron chi connectivity index (χ4n) is 4.65. The van der Waals surface area contributed by atoms with Crippen molar-refractivity contribution in [2.45, 2.75) is 31.8 Å². The Morgan fingerprint density at radius 2 is 2.15 bits per heavy atom. The van der Waals surface area contributed by atoms with Gasteiger partial charge in [-0.2, -0.15) is 0 Å². The van der Waals surface area contributed by atoms with Crippen molar-refractivity contribution in [3.8, 4) is 0 Å². The van der Waals surface area contributed by atoms with Crippen LogP contribution in [0.3, 0.4) is 0 Å². The number of aromatic nitrogens is 1. The molecule has 6 heteroatoms. The summed E-state index contributed by atoms with van der Waals surface area (Å²) >= 11 is 0. The van der Waals surface area contributed by atoms with E-state index in [9.17, 15) is 14.7 Å². The summed E-state index contributed by atoms with van der Waals surface area (Å²) in [5, 5.41) is 14.2. The Balaban J connectivity index is 1.59. The summed E-state index contributed by atoms with van der Waals surface area (Å²) in [7, 11) is 1.81. The molecule has 2 fully saturated rings. The van der Waals surface area contributed by atoms with Crippen molar-refractivity contribution in [3.63, 3.8) is 0 Å². The van der Waals surface area contributed by atoms with Crippen LogP contribution in [0.15, 0.2) is 35.1 Å². The third-order valence-electron chi connectivity index (χ3n) is 6.20. The number of aryl methyl sites for hydroxylation is 1. The Morgan fingerprint density at radius 1 is 1.35 bits per heavy atom. The predicted octanol–water partition coefficient (Wildman–Crippen LogP) is 1.57. The lowest BCUT2D eigenvalue weighted by Gasteiger charge is -2.48. The Labute approximate surface area is 152 Å². The number of benzene rings is 1. The first-order valence-electron chi connectivity index (χ1n) is 9.28. The van der Waals surface area contributed by atoms with Crippen molar-refractivity contribution in [2.75, 3.05) is 19.6 Å². The third kappa shape index (κ3) is 2.73. The molecule has 2 aromatic rings. The smallest absolute Gasteiger partial charge is 0.311 e. The van der Waals surface area contributed by atoms with E-state index in [4.69, 9.17) is 0 Å². The SMILES string of the molecule is Cn1c(=O)c(CN2CC[C@@]3(C(=O)O)CCCN[C@@H]3C2)cc2ccccc21. The van der Waals surface area contributed by atoms with E-state index in [1.54, 1.807) is 4.57 Å². The first-order valence-corrected chi connectivity index (χ1v) is 9.28. The van der Waals surface area contributed by atoms with Gasteiger partial charge in [0.05, 0.1) is 10.9 Å². The first-order chi connectivity index (χ1) is 12.5. The molecule has 1 aromatic carbocycles. The van der Waals surface area contributed by atoms with Gasteiger partial charge in [0.1, 0.15) is 0 Å². The number of aliphatic carboxylic acids is 1. The maximum atomic E-state index is 12.7. The molecular weight excluding hydrogens is 330 g/mol. The standard InChI is InChI=1S/C20H25N3O3/c1-22-16-6-3-2-5-14(16)11-15(18(22)24)12-23-10-8-20(19(25)26)7-4-9-21-17(20)13-23/h2-3,5-6,11,17,21H,4,7-10,12-13H2,1H3,(H,25,26)/t17-,20+/m1/s1. The maximum absolute atomic E-state index is 12.7. The molecule has 1 aromatic heterocycles. The second-order valence-corrected chi connectivity index (χ2v) is 7.65. The van der Waals surface area contributed by atoms with E-state index >= 15 is 0 Å². The quantitative estimate of drug-likeness (QED) is 0.874. The van der Waals surface area contributed by atoms with Crippen LogP contribution in [0.2, 0.25) is 0 Å². The van der Waals surface area contributed by atoms with E-state index in [-0.39, 0.29) is 11.6 Å². The summed E-state index contributed by atoms with van der Waals surface area (Å²) in [6.45, 7) is 2.80. The molecule has 2 aliphatic heterocycles. The number of carboxylic acid groups (broad SMARTS) is 1. The normalized spacial score (nSPS) is 26.6. The topological polar surface area (TPSA) is 74.6 Å². The number of likely N-dealkylation sites (tertiary alicyclic amines) is 1. The van der Waals surface area contributed by atoms with E-state index < -0.39 is 11.4 Å². The summed E-state index contributed by atoms with van der Waals surface area (Å²) in [5.74, 6) is -0.684.